The average molecular weight is 474 g/mol. The van der Waals surface area contributed by atoms with Gasteiger partial charge in [-0.3, -0.25) is 4.79 Å². The molecule has 178 valence electrons. The molecular formula is C27H23FN2O5. The van der Waals surface area contributed by atoms with Crippen molar-refractivity contribution in [1.82, 2.24) is 5.16 Å². The molecule has 3 aromatic carbocycles. The number of rotatable bonds is 8. The molecule has 8 heteroatoms. The molecule has 0 aliphatic heterocycles. The SMILES string of the molecule is Cc1noc(C)c1COc1ccc(C(=O)OC(C(=O)Nc2ccc(F)cc2)c2ccccc2)cc1. The number of halogens is 1. The number of nitrogens with zero attached hydrogens (tertiary/aromatic N) is 1. The van der Waals surface area contributed by atoms with Crippen molar-refractivity contribution < 1.29 is 28.0 Å². The molecule has 7 nitrogen and oxygen atoms in total. The topological polar surface area (TPSA) is 90.7 Å². The van der Waals surface area contributed by atoms with Crippen LogP contribution < -0.4 is 10.1 Å². The predicted molar refractivity (Wildman–Crippen MR) is 126 cm³/mol. The van der Waals surface area contributed by atoms with Crippen LogP contribution >= 0.6 is 0 Å². The zero-order chi connectivity index (χ0) is 24.8. The molecule has 0 saturated heterocycles. The van der Waals surface area contributed by atoms with Gasteiger partial charge in [-0.2, -0.15) is 0 Å². The first-order valence-corrected chi connectivity index (χ1v) is 10.9. The molecule has 0 saturated carbocycles. The molecule has 1 heterocycles. The van der Waals surface area contributed by atoms with Crippen molar-refractivity contribution in [3.63, 3.8) is 0 Å². The molecule has 1 aromatic heterocycles. The van der Waals surface area contributed by atoms with Crippen molar-refractivity contribution in [2.24, 2.45) is 0 Å². The maximum absolute atomic E-state index is 13.2. The first-order chi connectivity index (χ1) is 16.9. The zero-order valence-corrected chi connectivity index (χ0v) is 19.2. The fourth-order valence-corrected chi connectivity index (χ4v) is 3.37. The Hall–Kier alpha value is -4.46. The number of anilines is 1. The smallest absolute Gasteiger partial charge is 0.339 e. The van der Waals surface area contributed by atoms with Gasteiger partial charge in [0.15, 0.2) is 0 Å². The molecule has 0 spiro atoms. The lowest BCUT2D eigenvalue weighted by molar-refractivity contribution is -0.125. The lowest BCUT2D eigenvalue weighted by Crippen LogP contribution is -2.26. The number of aryl methyl sites for hydroxylation is 2. The molecule has 1 amide bonds. The van der Waals surface area contributed by atoms with Crippen LogP contribution in [0.15, 0.2) is 83.4 Å². The molecule has 1 N–H and O–H groups in total. The van der Waals surface area contributed by atoms with E-state index >= 15 is 0 Å². The summed E-state index contributed by atoms with van der Waals surface area (Å²) in [4.78, 5) is 25.8. The monoisotopic (exact) mass is 474 g/mol. The number of aromatic nitrogens is 1. The minimum atomic E-state index is -1.20. The number of nitrogens with one attached hydrogen (secondary N) is 1. The number of esters is 1. The molecule has 0 aliphatic carbocycles. The number of benzene rings is 3. The van der Waals surface area contributed by atoms with E-state index in [0.717, 1.165) is 11.3 Å². The van der Waals surface area contributed by atoms with E-state index in [9.17, 15) is 14.0 Å². The van der Waals surface area contributed by atoms with Gasteiger partial charge in [-0.15, -0.1) is 0 Å². The van der Waals surface area contributed by atoms with E-state index in [0.29, 0.717) is 22.8 Å². The molecule has 4 rings (SSSR count). The second-order valence-electron chi connectivity index (χ2n) is 7.81. The van der Waals surface area contributed by atoms with E-state index in [-0.39, 0.29) is 12.2 Å². The Morgan fingerprint density at radius 2 is 1.66 bits per heavy atom. The fraction of sp³-hybridized carbons (Fsp3) is 0.148. The Labute approximate surface area is 201 Å². The van der Waals surface area contributed by atoms with Crippen molar-refractivity contribution in [3.05, 3.63) is 113 Å². The Morgan fingerprint density at radius 3 is 2.29 bits per heavy atom. The summed E-state index contributed by atoms with van der Waals surface area (Å²) in [5, 5.41) is 6.55. The van der Waals surface area contributed by atoms with Gasteiger partial charge >= 0.3 is 5.97 Å². The minimum Gasteiger partial charge on any atom is -0.489 e. The molecular weight excluding hydrogens is 451 g/mol. The van der Waals surface area contributed by atoms with Gasteiger partial charge in [-0.1, -0.05) is 35.5 Å². The third-order valence-electron chi connectivity index (χ3n) is 5.33. The van der Waals surface area contributed by atoms with Crippen LogP contribution in [-0.4, -0.2) is 17.0 Å². The predicted octanol–water partition coefficient (Wildman–Crippen LogP) is 5.55. The Balaban J connectivity index is 1.45. The number of ether oxygens (including phenoxy) is 2. The largest absolute Gasteiger partial charge is 0.489 e. The summed E-state index contributed by atoms with van der Waals surface area (Å²) in [7, 11) is 0. The molecule has 1 unspecified atom stereocenters. The summed E-state index contributed by atoms with van der Waals surface area (Å²) in [6.07, 6.45) is -1.20. The summed E-state index contributed by atoms with van der Waals surface area (Å²) in [6.45, 7) is 3.93. The van der Waals surface area contributed by atoms with Crippen LogP contribution in [-0.2, 0) is 16.1 Å². The highest BCUT2D eigenvalue weighted by atomic mass is 19.1. The molecule has 0 fully saturated rings. The van der Waals surface area contributed by atoms with Gasteiger partial charge in [-0.25, -0.2) is 9.18 Å². The van der Waals surface area contributed by atoms with Crippen molar-refractivity contribution >= 4 is 17.6 Å². The Kier molecular flexibility index (Phi) is 7.21. The Morgan fingerprint density at radius 1 is 0.971 bits per heavy atom. The highest BCUT2D eigenvalue weighted by Gasteiger charge is 2.26. The number of amides is 1. The molecule has 0 radical (unpaired) electrons. The highest BCUT2D eigenvalue weighted by Crippen LogP contribution is 2.23. The maximum atomic E-state index is 13.2. The first kappa shape index (κ1) is 23.7. The maximum Gasteiger partial charge on any atom is 0.339 e. The Bertz CT molecular complexity index is 1280. The molecule has 1 atom stereocenters. The first-order valence-electron chi connectivity index (χ1n) is 10.9. The van der Waals surface area contributed by atoms with E-state index in [4.69, 9.17) is 14.0 Å². The van der Waals surface area contributed by atoms with E-state index < -0.39 is 23.8 Å². The zero-order valence-electron chi connectivity index (χ0n) is 19.2. The highest BCUT2D eigenvalue weighted by molar-refractivity contribution is 5.98. The van der Waals surface area contributed by atoms with Crippen molar-refractivity contribution in [2.75, 3.05) is 5.32 Å². The second-order valence-corrected chi connectivity index (χ2v) is 7.81. The van der Waals surface area contributed by atoms with Crippen LogP contribution in [0.2, 0.25) is 0 Å². The molecule has 0 bridgehead atoms. The fourth-order valence-electron chi connectivity index (χ4n) is 3.37. The van der Waals surface area contributed by atoms with E-state index in [1.807, 2.05) is 13.8 Å². The quantitative estimate of drug-likeness (QED) is 0.337. The molecule has 0 aliphatic rings. The summed E-state index contributed by atoms with van der Waals surface area (Å²) in [5.41, 5.74) is 2.76. The average Bonchev–Trinajstić information content (AvgIpc) is 3.20. The third kappa shape index (κ3) is 5.92. The van der Waals surface area contributed by atoms with Crippen LogP contribution in [0.25, 0.3) is 0 Å². The number of carbonyl (C=O) groups excluding carboxylic acids is 2. The van der Waals surface area contributed by atoms with Gasteiger partial charge in [-0.05, 0) is 62.4 Å². The summed E-state index contributed by atoms with van der Waals surface area (Å²) in [6, 6.07) is 20.4. The van der Waals surface area contributed by atoms with Gasteiger partial charge in [0.05, 0.1) is 16.8 Å². The molecule has 4 aromatic rings. The summed E-state index contributed by atoms with van der Waals surface area (Å²) < 4.78 is 29.7. The van der Waals surface area contributed by atoms with Gasteiger partial charge < -0.3 is 19.3 Å². The van der Waals surface area contributed by atoms with Crippen LogP contribution in [0.3, 0.4) is 0 Å². The van der Waals surface area contributed by atoms with Crippen LogP contribution in [0, 0.1) is 19.7 Å². The number of hydrogen-bond acceptors (Lipinski definition) is 6. The van der Waals surface area contributed by atoms with Crippen LogP contribution in [0.5, 0.6) is 5.75 Å². The summed E-state index contributed by atoms with van der Waals surface area (Å²) in [5.74, 6) is -0.419. The number of hydrogen-bond donors (Lipinski definition) is 1. The van der Waals surface area contributed by atoms with E-state index in [1.54, 1.807) is 54.6 Å². The van der Waals surface area contributed by atoms with E-state index in [1.165, 1.54) is 24.3 Å². The van der Waals surface area contributed by atoms with Crippen molar-refractivity contribution in [1.29, 1.82) is 0 Å². The van der Waals surface area contributed by atoms with Gasteiger partial charge in [0.2, 0.25) is 6.10 Å². The normalized spacial score (nSPS) is 11.5. The second kappa shape index (κ2) is 10.6. The third-order valence-corrected chi connectivity index (χ3v) is 5.33. The van der Waals surface area contributed by atoms with Gasteiger partial charge in [0.25, 0.3) is 5.91 Å². The van der Waals surface area contributed by atoms with Crippen LogP contribution in [0.1, 0.15) is 39.0 Å². The van der Waals surface area contributed by atoms with E-state index in [2.05, 4.69) is 10.5 Å². The standard InChI is InChI=1S/C27H23FN2O5/c1-17-24(18(2)35-30-17)16-33-23-14-8-20(9-15-23)27(32)34-25(19-6-4-3-5-7-19)26(31)29-22-12-10-21(28)11-13-22/h3-15,25H,16H2,1-2H3,(H,29,31). The van der Waals surface area contributed by atoms with Crippen molar-refractivity contribution in [3.8, 4) is 5.75 Å². The summed E-state index contributed by atoms with van der Waals surface area (Å²) >= 11 is 0. The lowest BCUT2D eigenvalue weighted by atomic mass is 10.1. The van der Waals surface area contributed by atoms with Gasteiger partial charge in [0.1, 0.15) is 23.9 Å². The minimum absolute atomic E-state index is 0.255. The van der Waals surface area contributed by atoms with Crippen molar-refractivity contribution in [2.45, 2.75) is 26.6 Å². The molecule has 35 heavy (non-hydrogen) atoms. The van der Waals surface area contributed by atoms with Crippen LogP contribution in [0.4, 0.5) is 10.1 Å². The van der Waals surface area contributed by atoms with Gasteiger partial charge in [0, 0.05) is 11.3 Å². The number of carbonyl (C=O) groups is 2. The lowest BCUT2D eigenvalue weighted by Gasteiger charge is -2.18.